The average molecular weight is 314 g/mol. The summed E-state index contributed by atoms with van der Waals surface area (Å²) in [5, 5.41) is 7.08. The van der Waals surface area contributed by atoms with Crippen LogP contribution >= 0.6 is 0 Å². The van der Waals surface area contributed by atoms with Gasteiger partial charge in [-0.15, -0.1) is 0 Å². The fraction of sp³-hybridized carbons (Fsp3) is 0.500. The first-order valence-electron chi connectivity index (χ1n) is 8.34. The first-order valence-corrected chi connectivity index (χ1v) is 8.34. The van der Waals surface area contributed by atoms with Crippen molar-refractivity contribution in [3.8, 4) is 0 Å². The maximum Gasteiger partial charge on any atom is 0.117 e. The number of hydrogen-bond acceptors (Lipinski definition) is 3. The van der Waals surface area contributed by atoms with Crippen LogP contribution < -0.4 is 10.6 Å². The molecule has 0 unspecified atom stereocenters. The summed E-state index contributed by atoms with van der Waals surface area (Å²) < 4.78 is 5.68. The topological polar surface area (TPSA) is 37.2 Å². The Labute approximate surface area is 140 Å². The van der Waals surface area contributed by atoms with Crippen LogP contribution in [0.2, 0.25) is 0 Å². The van der Waals surface area contributed by atoms with E-state index in [-0.39, 0.29) is 11.1 Å². The Hall–Kier alpha value is -1.58. The zero-order chi connectivity index (χ0) is 16.9. The lowest BCUT2D eigenvalue weighted by Crippen LogP contribution is -2.40. The molecule has 3 nitrogen and oxygen atoms in total. The van der Waals surface area contributed by atoms with Crippen molar-refractivity contribution in [3.05, 3.63) is 59.5 Å². The van der Waals surface area contributed by atoms with Gasteiger partial charge in [-0.25, -0.2) is 0 Å². The molecule has 126 valence electrons. The number of hydrogen-bond donors (Lipinski definition) is 2. The van der Waals surface area contributed by atoms with Crippen molar-refractivity contribution in [2.24, 2.45) is 0 Å². The summed E-state index contributed by atoms with van der Waals surface area (Å²) in [5.74, 6) is 0.994. The fourth-order valence-electron chi connectivity index (χ4n) is 2.47. The Morgan fingerprint density at radius 1 is 0.870 bits per heavy atom. The SMILES string of the molecule is CC(C)(C)NCc1cc(CC(C)(C)NCc2ccccc2)co1. The van der Waals surface area contributed by atoms with E-state index < -0.39 is 0 Å². The summed E-state index contributed by atoms with van der Waals surface area (Å²) in [4.78, 5) is 0. The van der Waals surface area contributed by atoms with Crippen molar-refractivity contribution < 1.29 is 4.42 Å². The lowest BCUT2D eigenvalue weighted by atomic mass is 9.96. The molecule has 0 aliphatic rings. The number of benzene rings is 1. The predicted octanol–water partition coefficient (Wildman–Crippen LogP) is 4.28. The van der Waals surface area contributed by atoms with Crippen molar-refractivity contribution in [2.75, 3.05) is 0 Å². The van der Waals surface area contributed by atoms with E-state index in [1.54, 1.807) is 0 Å². The molecular weight excluding hydrogens is 284 g/mol. The number of nitrogens with one attached hydrogen (secondary N) is 2. The van der Waals surface area contributed by atoms with E-state index in [1.165, 1.54) is 11.1 Å². The van der Waals surface area contributed by atoms with Crippen molar-refractivity contribution in [3.63, 3.8) is 0 Å². The Balaban J connectivity index is 1.86. The Bertz CT molecular complexity index is 594. The Morgan fingerprint density at radius 3 is 2.22 bits per heavy atom. The van der Waals surface area contributed by atoms with Crippen molar-refractivity contribution in [2.45, 2.75) is 65.2 Å². The summed E-state index contributed by atoms with van der Waals surface area (Å²) in [7, 11) is 0. The lowest BCUT2D eigenvalue weighted by molar-refractivity contribution is 0.380. The molecule has 0 aliphatic carbocycles. The molecule has 1 aromatic heterocycles. The van der Waals surface area contributed by atoms with Crippen LogP contribution in [-0.2, 0) is 19.5 Å². The minimum atomic E-state index is 0.0223. The molecule has 0 saturated carbocycles. The molecule has 1 heterocycles. The molecule has 0 amide bonds. The average Bonchev–Trinajstić information content (AvgIpc) is 2.90. The van der Waals surface area contributed by atoms with Crippen molar-refractivity contribution in [1.29, 1.82) is 0 Å². The van der Waals surface area contributed by atoms with Gasteiger partial charge in [-0.1, -0.05) is 30.3 Å². The van der Waals surface area contributed by atoms with Crippen LogP contribution in [0.25, 0.3) is 0 Å². The van der Waals surface area contributed by atoms with Crippen LogP contribution in [0, 0.1) is 0 Å². The molecule has 3 heteroatoms. The van der Waals surface area contributed by atoms with Crippen LogP contribution in [0.5, 0.6) is 0 Å². The van der Waals surface area contributed by atoms with Gasteiger partial charge in [0.05, 0.1) is 12.8 Å². The van der Waals surface area contributed by atoms with Gasteiger partial charge in [0.15, 0.2) is 0 Å². The van der Waals surface area contributed by atoms with Crippen LogP contribution in [0.4, 0.5) is 0 Å². The van der Waals surface area contributed by atoms with Gasteiger partial charge in [0.1, 0.15) is 5.76 Å². The van der Waals surface area contributed by atoms with Crippen molar-refractivity contribution in [1.82, 2.24) is 10.6 Å². The van der Waals surface area contributed by atoms with Gasteiger partial charge in [-0.2, -0.15) is 0 Å². The van der Waals surface area contributed by atoms with Crippen LogP contribution in [0.1, 0.15) is 51.5 Å². The molecule has 0 radical (unpaired) electrons. The van der Waals surface area contributed by atoms with Gasteiger partial charge in [0.2, 0.25) is 0 Å². The highest BCUT2D eigenvalue weighted by Gasteiger charge is 2.19. The highest BCUT2D eigenvalue weighted by Crippen LogP contribution is 2.17. The second-order valence-corrected chi connectivity index (χ2v) is 7.92. The van der Waals surface area contributed by atoms with Crippen LogP contribution in [0.15, 0.2) is 47.1 Å². The van der Waals surface area contributed by atoms with Crippen LogP contribution in [-0.4, -0.2) is 11.1 Å². The third-order valence-corrected chi connectivity index (χ3v) is 3.76. The van der Waals surface area contributed by atoms with E-state index in [9.17, 15) is 0 Å². The molecule has 23 heavy (non-hydrogen) atoms. The molecule has 2 rings (SSSR count). The van der Waals surface area contributed by atoms with Gasteiger partial charge in [-0.05, 0) is 58.2 Å². The van der Waals surface area contributed by atoms with E-state index in [0.29, 0.717) is 0 Å². The van der Waals surface area contributed by atoms with Gasteiger partial charge in [-0.3, -0.25) is 0 Å². The zero-order valence-corrected chi connectivity index (χ0v) is 15.1. The van der Waals surface area contributed by atoms with E-state index in [2.05, 4.69) is 75.6 Å². The van der Waals surface area contributed by atoms with E-state index in [1.807, 2.05) is 12.3 Å². The molecule has 2 aromatic rings. The number of furan rings is 1. The maximum absolute atomic E-state index is 5.68. The molecule has 0 saturated heterocycles. The Kier molecular flexibility index (Phi) is 5.66. The smallest absolute Gasteiger partial charge is 0.117 e. The lowest BCUT2D eigenvalue weighted by Gasteiger charge is -2.26. The second-order valence-electron chi connectivity index (χ2n) is 7.92. The first-order chi connectivity index (χ1) is 10.7. The molecule has 0 bridgehead atoms. The molecule has 1 aromatic carbocycles. The minimum absolute atomic E-state index is 0.0223. The highest BCUT2D eigenvalue weighted by atomic mass is 16.3. The van der Waals surface area contributed by atoms with E-state index >= 15 is 0 Å². The largest absolute Gasteiger partial charge is 0.468 e. The summed E-state index contributed by atoms with van der Waals surface area (Å²) in [5.41, 5.74) is 2.67. The Morgan fingerprint density at radius 2 is 1.57 bits per heavy atom. The third kappa shape index (κ3) is 6.59. The fourth-order valence-corrected chi connectivity index (χ4v) is 2.47. The van der Waals surface area contributed by atoms with Crippen molar-refractivity contribution >= 4 is 0 Å². The highest BCUT2D eigenvalue weighted by molar-refractivity contribution is 5.17. The molecule has 0 spiro atoms. The van der Waals surface area contributed by atoms with E-state index in [4.69, 9.17) is 4.42 Å². The summed E-state index contributed by atoms with van der Waals surface area (Å²) in [6.45, 7) is 12.6. The normalized spacial score (nSPS) is 12.6. The molecule has 2 N–H and O–H groups in total. The molecule has 0 aliphatic heterocycles. The first kappa shape index (κ1) is 17.8. The van der Waals surface area contributed by atoms with Gasteiger partial charge >= 0.3 is 0 Å². The summed E-state index contributed by atoms with van der Waals surface area (Å²) >= 11 is 0. The quantitative estimate of drug-likeness (QED) is 0.801. The predicted molar refractivity (Wildman–Crippen MR) is 96.4 cm³/mol. The van der Waals surface area contributed by atoms with Gasteiger partial charge in [0.25, 0.3) is 0 Å². The second kappa shape index (κ2) is 7.33. The monoisotopic (exact) mass is 314 g/mol. The molecule has 0 fully saturated rings. The van der Waals surface area contributed by atoms with Gasteiger partial charge in [0, 0.05) is 17.6 Å². The summed E-state index contributed by atoms with van der Waals surface area (Å²) in [6.07, 6.45) is 2.82. The molecule has 0 atom stereocenters. The van der Waals surface area contributed by atoms with E-state index in [0.717, 1.165) is 25.3 Å². The summed E-state index contributed by atoms with van der Waals surface area (Å²) in [6, 6.07) is 12.7. The number of rotatable bonds is 7. The minimum Gasteiger partial charge on any atom is -0.468 e. The van der Waals surface area contributed by atoms with Gasteiger partial charge < -0.3 is 15.1 Å². The molecular formula is C20H30N2O. The maximum atomic E-state index is 5.68. The standard InChI is InChI=1S/C20H30N2O/c1-19(2,3)21-14-18-11-17(15-23-18)12-20(4,5)22-13-16-9-7-6-8-10-16/h6-11,15,21-22H,12-14H2,1-5H3. The zero-order valence-electron chi connectivity index (χ0n) is 15.1. The van der Waals surface area contributed by atoms with Crippen LogP contribution in [0.3, 0.4) is 0 Å². The third-order valence-electron chi connectivity index (χ3n) is 3.76.